The van der Waals surface area contributed by atoms with Gasteiger partial charge in [0.2, 0.25) is 0 Å². The second-order valence-corrected chi connectivity index (χ2v) is 10.3. The van der Waals surface area contributed by atoms with Crippen molar-refractivity contribution in [1.29, 1.82) is 0 Å². The number of halogens is 3. The van der Waals surface area contributed by atoms with Crippen molar-refractivity contribution in [3.63, 3.8) is 0 Å². The molecule has 5 rings (SSSR count). The fourth-order valence-electron chi connectivity index (χ4n) is 3.55. The minimum absolute atomic E-state index is 0.234. The summed E-state index contributed by atoms with van der Waals surface area (Å²) in [5, 5.41) is 1.47. The zero-order valence-corrected chi connectivity index (χ0v) is 19.8. The van der Waals surface area contributed by atoms with E-state index in [2.05, 4.69) is 9.97 Å². The highest BCUT2D eigenvalue weighted by Gasteiger charge is 2.31. The second-order valence-electron chi connectivity index (χ2n) is 8.13. The lowest BCUT2D eigenvalue weighted by molar-refractivity contribution is 0.0854. The Bertz CT molecular complexity index is 1480. The highest BCUT2D eigenvalue weighted by Crippen LogP contribution is 2.44. The molecule has 0 saturated heterocycles. The molecule has 8 nitrogen and oxygen atoms in total. The molecule has 1 fully saturated rings. The molecule has 1 saturated carbocycles. The van der Waals surface area contributed by atoms with Gasteiger partial charge in [-0.15, -0.1) is 0 Å². The van der Waals surface area contributed by atoms with Gasteiger partial charge in [0, 0.05) is 23.5 Å². The number of hydrogen-bond acceptors (Lipinski definition) is 6. The van der Waals surface area contributed by atoms with E-state index in [0.717, 1.165) is 55.0 Å². The van der Waals surface area contributed by atoms with Gasteiger partial charge in [-0.25, -0.2) is 13.8 Å². The highest BCUT2D eigenvalue weighted by molar-refractivity contribution is 7.52. The molecular formula is C23H17ClF2N3O5P. The van der Waals surface area contributed by atoms with Gasteiger partial charge in [-0.2, -0.15) is 9.69 Å². The summed E-state index contributed by atoms with van der Waals surface area (Å²) in [4.78, 5) is 30.8. The van der Waals surface area contributed by atoms with Gasteiger partial charge in [0.05, 0.1) is 23.1 Å². The average Bonchev–Trinajstić information content (AvgIpc) is 3.56. The first-order chi connectivity index (χ1) is 16.6. The summed E-state index contributed by atoms with van der Waals surface area (Å²) in [5.41, 5.74) is 0.444. The SMILES string of the molecule is CP(=O)(O)ON(C(=O)c1c(F)cccc1F)c1cnc(-c2cc3oc(C4CC4)cc3cc2Cl)cn1. The van der Waals surface area contributed by atoms with Crippen LogP contribution in [0.15, 0.2) is 53.2 Å². The lowest BCUT2D eigenvalue weighted by atomic mass is 10.1. The van der Waals surface area contributed by atoms with Crippen molar-refractivity contribution in [3.05, 3.63) is 76.8 Å². The van der Waals surface area contributed by atoms with Gasteiger partial charge < -0.3 is 9.31 Å². The van der Waals surface area contributed by atoms with Gasteiger partial charge in [-0.05, 0) is 43.2 Å². The lowest BCUT2D eigenvalue weighted by Gasteiger charge is -2.22. The van der Waals surface area contributed by atoms with Crippen LogP contribution < -0.4 is 5.06 Å². The van der Waals surface area contributed by atoms with Crippen molar-refractivity contribution in [3.8, 4) is 11.3 Å². The number of hydrogen-bond donors (Lipinski definition) is 1. The molecule has 35 heavy (non-hydrogen) atoms. The van der Waals surface area contributed by atoms with Crippen LogP contribution in [0.4, 0.5) is 14.6 Å². The van der Waals surface area contributed by atoms with Gasteiger partial charge in [0.25, 0.3) is 5.91 Å². The minimum Gasteiger partial charge on any atom is -0.461 e. The van der Waals surface area contributed by atoms with Crippen molar-refractivity contribution in [2.45, 2.75) is 18.8 Å². The number of aromatic nitrogens is 2. The molecule has 1 aliphatic carbocycles. The monoisotopic (exact) mass is 519 g/mol. The average molecular weight is 520 g/mol. The van der Waals surface area contributed by atoms with Crippen LogP contribution in [0.25, 0.3) is 22.2 Å². The molecule has 1 unspecified atom stereocenters. The van der Waals surface area contributed by atoms with Crippen molar-refractivity contribution in [2.24, 2.45) is 0 Å². The van der Waals surface area contributed by atoms with Crippen LogP contribution in [0, 0.1) is 11.6 Å². The number of fused-ring (bicyclic) bond motifs is 1. The Labute approximate surface area is 202 Å². The smallest absolute Gasteiger partial charge is 0.346 e. The van der Waals surface area contributed by atoms with Gasteiger partial charge in [0.15, 0.2) is 5.82 Å². The maximum absolute atomic E-state index is 14.2. The third-order valence-electron chi connectivity index (χ3n) is 5.32. The third kappa shape index (κ3) is 4.83. The Morgan fingerprint density at radius 2 is 1.91 bits per heavy atom. The molecule has 0 radical (unpaired) electrons. The molecule has 1 atom stereocenters. The van der Waals surface area contributed by atoms with Crippen LogP contribution in [0.2, 0.25) is 5.02 Å². The molecule has 2 aromatic heterocycles. The number of anilines is 1. The molecule has 12 heteroatoms. The van der Waals surface area contributed by atoms with Crippen molar-refractivity contribution in [1.82, 2.24) is 9.97 Å². The molecule has 4 aromatic rings. The summed E-state index contributed by atoms with van der Waals surface area (Å²) in [6.45, 7) is 0.807. The minimum atomic E-state index is -4.34. The van der Waals surface area contributed by atoms with Crippen LogP contribution in [-0.2, 0) is 9.19 Å². The van der Waals surface area contributed by atoms with Crippen LogP contribution in [-0.4, -0.2) is 27.4 Å². The van der Waals surface area contributed by atoms with E-state index in [4.69, 9.17) is 20.6 Å². The Kier molecular flexibility index (Phi) is 5.93. The molecule has 2 heterocycles. The molecule has 1 amide bonds. The van der Waals surface area contributed by atoms with E-state index in [1.165, 1.54) is 6.20 Å². The predicted molar refractivity (Wildman–Crippen MR) is 124 cm³/mol. The van der Waals surface area contributed by atoms with Crippen LogP contribution in [0.5, 0.6) is 0 Å². The molecular weight excluding hydrogens is 503 g/mol. The third-order valence-corrected chi connectivity index (χ3v) is 6.10. The van der Waals surface area contributed by atoms with Crippen LogP contribution in [0.3, 0.4) is 0 Å². The Hall–Kier alpha value is -3.17. The Morgan fingerprint density at radius 3 is 2.51 bits per heavy atom. The van der Waals surface area contributed by atoms with Crippen LogP contribution in [0.1, 0.15) is 34.9 Å². The first-order valence-electron chi connectivity index (χ1n) is 10.4. The maximum Gasteiger partial charge on any atom is 0.346 e. The van der Waals surface area contributed by atoms with E-state index in [9.17, 15) is 23.0 Å². The Morgan fingerprint density at radius 1 is 1.20 bits per heavy atom. The van der Waals surface area contributed by atoms with Gasteiger partial charge in [0.1, 0.15) is 28.5 Å². The summed E-state index contributed by atoms with van der Waals surface area (Å²) in [7, 11) is -4.34. The summed E-state index contributed by atoms with van der Waals surface area (Å²) in [6.07, 6.45) is 4.46. The zero-order valence-electron chi connectivity index (χ0n) is 18.1. The maximum atomic E-state index is 14.2. The van der Waals surface area contributed by atoms with Gasteiger partial charge in [-0.3, -0.25) is 14.3 Å². The molecule has 2 aromatic carbocycles. The number of rotatable bonds is 6. The largest absolute Gasteiger partial charge is 0.461 e. The highest BCUT2D eigenvalue weighted by atomic mass is 35.5. The molecule has 0 aliphatic heterocycles. The van der Waals surface area contributed by atoms with Crippen LogP contribution >= 0.6 is 19.2 Å². The van der Waals surface area contributed by atoms with Crippen molar-refractivity contribution >= 4 is 41.9 Å². The second kappa shape index (κ2) is 8.80. The van der Waals surface area contributed by atoms with E-state index in [0.29, 0.717) is 27.8 Å². The number of nitrogens with zero attached hydrogens (tertiary/aromatic N) is 3. The predicted octanol–water partition coefficient (Wildman–Crippen LogP) is 6.09. The number of amides is 1. The number of furan rings is 1. The van der Waals surface area contributed by atoms with Crippen molar-refractivity contribution < 1.29 is 32.1 Å². The molecule has 180 valence electrons. The van der Waals surface area contributed by atoms with E-state index in [-0.39, 0.29) is 10.9 Å². The first kappa shape index (κ1) is 23.6. The van der Waals surface area contributed by atoms with Gasteiger partial charge >= 0.3 is 7.60 Å². The fraction of sp³-hybridized carbons (Fsp3) is 0.174. The number of carbonyl (C=O) groups is 1. The fourth-order valence-corrected chi connectivity index (χ4v) is 4.28. The summed E-state index contributed by atoms with van der Waals surface area (Å²) in [5.74, 6) is -2.78. The molecule has 1 N–H and O–H groups in total. The number of carbonyl (C=O) groups excluding carboxylic acids is 1. The number of benzene rings is 2. The van der Waals surface area contributed by atoms with E-state index in [1.807, 2.05) is 6.07 Å². The first-order valence-corrected chi connectivity index (χ1v) is 12.8. The summed E-state index contributed by atoms with van der Waals surface area (Å²) in [6, 6.07) is 8.24. The standard InChI is InChI=1S/C23H17ClF2N3O5P/c1-35(31,32)34-29(23(30)22-16(25)3-2-4-17(22)26)21-11-27-18(10-28-21)14-9-20-13(7-15(14)24)8-19(33-20)12-5-6-12/h2-4,7-12H,5-6H2,1H3,(H,31,32). The molecule has 0 spiro atoms. The quantitative estimate of drug-likeness (QED) is 0.242. The summed E-state index contributed by atoms with van der Waals surface area (Å²) < 4.78 is 51.0. The van der Waals surface area contributed by atoms with Crippen molar-refractivity contribution in [2.75, 3.05) is 11.7 Å². The Balaban J connectivity index is 1.51. The molecule has 0 bridgehead atoms. The topological polar surface area (TPSA) is 106 Å². The summed E-state index contributed by atoms with van der Waals surface area (Å²) >= 11 is 6.45. The van der Waals surface area contributed by atoms with Gasteiger partial charge in [-0.1, -0.05) is 17.7 Å². The van der Waals surface area contributed by atoms with E-state index in [1.54, 1.807) is 12.1 Å². The lowest BCUT2D eigenvalue weighted by Crippen LogP contribution is -2.32. The number of hydroxylamine groups is 1. The van der Waals surface area contributed by atoms with E-state index < -0.39 is 30.7 Å². The molecule has 1 aliphatic rings. The van der Waals surface area contributed by atoms with E-state index >= 15 is 0 Å². The normalized spacial score (nSPS) is 15.2. The zero-order chi connectivity index (χ0) is 24.9.